The molecule has 0 atom stereocenters. The lowest BCUT2D eigenvalue weighted by Gasteiger charge is -2.22. The van der Waals surface area contributed by atoms with Crippen LogP contribution in [0.3, 0.4) is 0 Å². The molecular weight excluding hydrogens is 172 g/mol. The van der Waals surface area contributed by atoms with Gasteiger partial charge in [0.15, 0.2) is 0 Å². The third-order valence-corrected chi connectivity index (χ3v) is 2.23. The summed E-state index contributed by atoms with van der Waals surface area (Å²) in [6.07, 6.45) is 3.72. The van der Waals surface area contributed by atoms with E-state index in [2.05, 4.69) is 42.8 Å². The van der Waals surface area contributed by atoms with Gasteiger partial charge in [-0.2, -0.15) is 0 Å². The van der Waals surface area contributed by atoms with E-state index in [0.717, 1.165) is 19.0 Å². The lowest BCUT2D eigenvalue weighted by Crippen LogP contribution is -2.26. The monoisotopic (exact) mass is 192 g/mol. The Morgan fingerprint density at radius 3 is 2.43 bits per heavy atom. The topological polar surface area (TPSA) is 16.1 Å². The highest BCUT2D eigenvalue weighted by Crippen LogP contribution is 2.05. The number of pyridine rings is 1. The molecular formula is C12H20N2. The smallest absolute Gasteiger partial charge is 0.0271 e. The SMILES string of the molecule is CCN(Cc1ccncc1)CC(C)C. The van der Waals surface area contributed by atoms with E-state index in [1.807, 2.05) is 12.4 Å². The molecule has 0 aliphatic rings. The van der Waals surface area contributed by atoms with Gasteiger partial charge in [0.05, 0.1) is 0 Å². The van der Waals surface area contributed by atoms with Crippen LogP contribution in [0.2, 0.25) is 0 Å². The predicted molar refractivity (Wildman–Crippen MR) is 60.0 cm³/mol. The highest BCUT2D eigenvalue weighted by Gasteiger charge is 2.05. The van der Waals surface area contributed by atoms with Crippen molar-refractivity contribution in [1.29, 1.82) is 0 Å². The van der Waals surface area contributed by atoms with E-state index >= 15 is 0 Å². The minimum Gasteiger partial charge on any atom is -0.299 e. The van der Waals surface area contributed by atoms with Crippen molar-refractivity contribution in [3.05, 3.63) is 30.1 Å². The van der Waals surface area contributed by atoms with Crippen molar-refractivity contribution in [2.45, 2.75) is 27.3 Å². The molecule has 0 N–H and O–H groups in total. The van der Waals surface area contributed by atoms with Crippen molar-refractivity contribution < 1.29 is 0 Å². The maximum absolute atomic E-state index is 4.02. The van der Waals surface area contributed by atoms with Crippen LogP contribution < -0.4 is 0 Å². The normalized spacial score (nSPS) is 11.2. The molecule has 0 aromatic carbocycles. The first kappa shape index (κ1) is 11.2. The molecule has 0 amide bonds. The number of hydrogen-bond acceptors (Lipinski definition) is 2. The fourth-order valence-corrected chi connectivity index (χ4v) is 1.57. The summed E-state index contributed by atoms with van der Waals surface area (Å²) in [6, 6.07) is 4.17. The molecule has 0 bridgehead atoms. The van der Waals surface area contributed by atoms with Crippen LogP contribution in [0.5, 0.6) is 0 Å². The fourth-order valence-electron chi connectivity index (χ4n) is 1.57. The molecule has 0 radical (unpaired) electrons. The summed E-state index contributed by atoms with van der Waals surface area (Å²) < 4.78 is 0. The zero-order chi connectivity index (χ0) is 10.4. The number of rotatable bonds is 5. The lowest BCUT2D eigenvalue weighted by atomic mass is 10.2. The van der Waals surface area contributed by atoms with E-state index < -0.39 is 0 Å². The van der Waals surface area contributed by atoms with Gasteiger partial charge in [-0.3, -0.25) is 9.88 Å². The van der Waals surface area contributed by atoms with Crippen molar-refractivity contribution in [1.82, 2.24) is 9.88 Å². The predicted octanol–water partition coefficient (Wildman–Crippen LogP) is 2.56. The van der Waals surface area contributed by atoms with Crippen LogP contribution in [-0.2, 0) is 6.54 Å². The molecule has 78 valence electrons. The van der Waals surface area contributed by atoms with Crippen molar-refractivity contribution in [2.24, 2.45) is 5.92 Å². The van der Waals surface area contributed by atoms with Crippen LogP contribution in [0, 0.1) is 5.92 Å². The molecule has 0 aliphatic carbocycles. The van der Waals surface area contributed by atoms with Gasteiger partial charge in [0.25, 0.3) is 0 Å². The van der Waals surface area contributed by atoms with Gasteiger partial charge in [-0.15, -0.1) is 0 Å². The van der Waals surface area contributed by atoms with E-state index in [-0.39, 0.29) is 0 Å². The molecule has 0 spiro atoms. The fraction of sp³-hybridized carbons (Fsp3) is 0.583. The quantitative estimate of drug-likeness (QED) is 0.712. The second-order valence-corrected chi connectivity index (χ2v) is 4.08. The second kappa shape index (κ2) is 5.76. The molecule has 1 rings (SSSR count). The average Bonchev–Trinajstić information content (AvgIpc) is 2.17. The van der Waals surface area contributed by atoms with Gasteiger partial charge in [-0.05, 0) is 30.2 Å². The largest absolute Gasteiger partial charge is 0.299 e. The molecule has 0 aliphatic heterocycles. The Kier molecular flexibility index (Phi) is 4.60. The maximum Gasteiger partial charge on any atom is 0.0271 e. The van der Waals surface area contributed by atoms with Crippen LogP contribution in [0.15, 0.2) is 24.5 Å². The Morgan fingerprint density at radius 1 is 1.29 bits per heavy atom. The molecule has 0 saturated carbocycles. The van der Waals surface area contributed by atoms with Gasteiger partial charge in [0, 0.05) is 25.5 Å². The summed E-state index contributed by atoms with van der Waals surface area (Å²) >= 11 is 0. The molecule has 1 heterocycles. The van der Waals surface area contributed by atoms with Gasteiger partial charge < -0.3 is 0 Å². The van der Waals surface area contributed by atoms with Crippen LogP contribution >= 0.6 is 0 Å². The van der Waals surface area contributed by atoms with Crippen molar-refractivity contribution >= 4 is 0 Å². The lowest BCUT2D eigenvalue weighted by molar-refractivity contribution is 0.248. The summed E-state index contributed by atoms with van der Waals surface area (Å²) in [5.41, 5.74) is 1.35. The first-order chi connectivity index (χ1) is 6.72. The highest BCUT2D eigenvalue weighted by atomic mass is 15.1. The Hall–Kier alpha value is -0.890. The minimum absolute atomic E-state index is 0.733. The Morgan fingerprint density at radius 2 is 1.93 bits per heavy atom. The van der Waals surface area contributed by atoms with E-state index in [1.54, 1.807) is 0 Å². The minimum atomic E-state index is 0.733. The van der Waals surface area contributed by atoms with Gasteiger partial charge in [0.1, 0.15) is 0 Å². The van der Waals surface area contributed by atoms with Crippen LogP contribution in [0.1, 0.15) is 26.3 Å². The summed E-state index contributed by atoms with van der Waals surface area (Å²) in [5, 5.41) is 0. The molecule has 14 heavy (non-hydrogen) atoms. The first-order valence-corrected chi connectivity index (χ1v) is 5.33. The molecule has 0 saturated heterocycles. The Bertz CT molecular complexity index is 244. The van der Waals surface area contributed by atoms with Gasteiger partial charge in [-0.1, -0.05) is 20.8 Å². The van der Waals surface area contributed by atoms with E-state index in [1.165, 1.54) is 12.1 Å². The van der Waals surface area contributed by atoms with Crippen LogP contribution in [0.25, 0.3) is 0 Å². The van der Waals surface area contributed by atoms with Crippen molar-refractivity contribution in [3.8, 4) is 0 Å². The first-order valence-electron chi connectivity index (χ1n) is 5.33. The Balaban J connectivity index is 2.48. The van der Waals surface area contributed by atoms with Gasteiger partial charge >= 0.3 is 0 Å². The standard InChI is InChI=1S/C12H20N2/c1-4-14(9-11(2)3)10-12-5-7-13-8-6-12/h5-8,11H,4,9-10H2,1-3H3. The van der Waals surface area contributed by atoms with E-state index in [9.17, 15) is 0 Å². The Labute approximate surface area is 87.0 Å². The zero-order valence-electron chi connectivity index (χ0n) is 9.40. The number of aromatic nitrogens is 1. The molecule has 2 heteroatoms. The number of hydrogen-bond donors (Lipinski definition) is 0. The van der Waals surface area contributed by atoms with E-state index in [0.29, 0.717) is 0 Å². The summed E-state index contributed by atoms with van der Waals surface area (Å²) in [7, 11) is 0. The molecule has 2 nitrogen and oxygen atoms in total. The molecule has 0 unspecified atom stereocenters. The summed E-state index contributed by atoms with van der Waals surface area (Å²) in [4.78, 5) is 6.48. The maximum atomic E-state index is 4.02. The third kappa shape index (κ3) is 3.88. The zero-order valence-corrected chi connectivity index (χ0v) is 9.40. The number of nitrogens with zero attached hydrogens (tertiary/aromatic N) is 2. The van der Waals surface area contributed by atoms with E-state index in [4.69, 9.17) is 0 Å². The summed E-state index contributed by atoms with van der Waals surface area (Å²) in [6.45, 7) is 10.0. The highest BCUT2D eigenvalue weighted by molar-refractivity contribution is 5.09. The van der Waals surface area contributed by atoms with Crippen LogP contribution in [0.4, 0.5) is 0 Å². The van der Waals surface area contributed by atoms with Crippen molar-refractivity contribution in [2.75, 3.05) is 13.1 Å². The average molecular weight is 192 g/mol. The van der Waals surface area contributed by atoms with Crippen LogP contribution in [-0.4, -0.2) is 23.0 Å². The van der Waals surface area contributed by atoms with Gasteiger partial charge in [-0.25, -0.2) is 0 Å². The summed E-state index contributed by atoms with van der Waals surface area (Å²) in [5.74, 6) is 0.733. The third-order valence-electron chi connectivity index (χ3n) is 2.23. The molecule has 1 aromatic heterocycles. The second-order valence-electron chi connectivity index (χ2n) is 4.08. The van der Waals surface area contributed by atoms with Crippen molar-refractivity contribution in [3.63, 3.8) is 0 Å². The van der Waals surface area contributed by atoms with Gasteiger partial charge in [0.2, 0.25) is 0 Å². The molecule has 0 fully saturated rings. The molecule has 1 aromatic rings.